The Hall–Kier alpha value is -1.74. The van der Waals surface area contributed by atoms with Crippen LogP contribution in [0, 0.1) is 10.1 Å². The number of hydrogen-bond acceptors (Lipinski definition) is 5. The minimum atomic E-state index is -4.51. The van der Waals surface area contributed by atoms with Gasteiger partial charge >= 0.3 is 6.18 Å². The van der Waals surface area contributed by atoms with E-state index in [0.717, 1.165) is 12.1 Å². The minimum Gasteiger partial charge on any atom is -0.454 e. The van der Waals surface area contributed by atoms with Crippen molar-refractivity contribution in [1.29, 1.82) is 0 Å². The Morgan fingerprint density at radius 2 is 1.90 bits per heavy atom. The molecule has 2 rings (SSSR count). The lowest BCUT2D eigenvalue weighted by Gasteiger charge is -2.15. The number of ether oxygens (including phenoxy) is 2. The maximum Gasteiger partial charge on any atom is 0.390 e. The molecule has 1 heterocycles. The maximum absolute atomic E-state index is 12.3. The number of hydrogen-bond donors (Lipinski definition) is 1. The van der Waals surface area contributed by atoms with Gasteiger partial charge in [-0.2, -0.15) is 13.2 Å². The van der Waals surface area contributed by atoms with Gasteiger partial charge in [-0.05, 0) is 6.07 Å². The summed E-state index contributed by atoms with van der Waals surface area (Å²) < 4.78 is 46.8. The molecule has 1 atom stereocenters. The van der Waals surface area contributed by atoms with Gasteiger partial charge in [-0.3, -0.25) is 10.1 Å². The molecular weight excluding hydrogens is 305 g/mol. The fourth-order valence-corrected chi connectivity index (χ4v) is 1.76. The van der Waals surface area contributed by atoms with Gasteiger partial charge in [0, 0.05) is 6.04 Å². The number of rotatable bonds is 3. The second-order valence-corrected chi connectivity index (χ2v) is 3.95. The van der Waals surface area contributed by atoms with Crippen LogP contribution in [0.25, 0.3) is 0 Å². The average Bonchev–Trinajstić information content (AvgIpc) is 2.71. The zero-order chi connectivity index (χ0) is 14.2. The van der Waals surface area contributed by atoms with Crippen LogP contribution in [0.15, 0.2) is 12.1 Å². The number of fused-ring (bicyclic) bond motifs is 1. The van der Waals surface area contributed by atoms with Crippen LogP contribution in [0.2, 0.25) is 0 Å². The van der Waals surface area contributed by atoms with Crippen LogP contribution in [0.1, 0.15) is 18.0 Å². The van der Waals surface area contributed by atoms with Crippen molar-refractivity contribution >= 4 is 18.1 Å². The first-order valence-electron chi connectivity index (χ1n) is 5.18. The van der Waals surface area contributed by atoms with E-state index in [4.69, 9.17) is 15.2 Å². The fourth-order valence-electron chi connectivity index (χ4n) is 1.76. The van der Waals surface area contributed by atoms with Crippen LogP contribution in [0.3, 0.4) is 0 Å². The van der Waals surface area contributed by atoms with Gasteiger partial charge in [0.25, 0.3) is 5.69 Å². The lowest BCUT2D eigenvalue weighted by atomic mass is 10.0. The van der Waals surface area contributed by atoms with E-state index in [1.54, 1.807) is 0 Å². The molecule has 112 valence electrons. The van der Waals surface area contributed by atoms with Gasteiger partial charge in [-0.25, -0.2) is 0 Å². The summed E-state index contributed by atoms with van der Waals surface area (Å²) in [6, 6.07) is 0.611. The van der Waals surface area contributed by atoms with E-state index in [1.165, 1.54) is 0 Å². The third kappa shape index (κ3) is 3.42. The second kappa shape index (κ2) is 5.71. The molecule has 10 heteroatoms. The highest BCUT2D eigenvalue weighted by molar-refractivity contribution is 5.85. The number of nitrogens with zero attached hydrogens (tertiary/aromatic N) is 1. The third-order valence-corrected chi connectivity index (χ3v) is 2.57. The van der Waals surface area contributed by atoms with Gasteiger partial charge in [0.1, 0.15) is 0 Å². The van der Waals surface area contributed by atoms with Gasteiger partial charge in [0.2, 0.25) is 6.79 Å². The van der Waals surface area contributed by atoms with E-state index < -0.39 is 29.2 Å². The highest BCUT2D eigenvalue weighted by Crippen LogP contribution is 2.41. The number of alkyl halides is 3. The third-order valence-electron chi connectivity index (χ3n) is 2.57. The summed E-state index contributed by atoms with van der Waals surface area (Å²) in [5.41, 5.74) is 4.65. The van der Waals surface area contributed by atoms with Crippen molar-refractivity contribution in [3.8, 4) is 11.5 Å². The first-order valence-corrected chi connectivity index (χ1v) is 5.18. The summed E-state index contributed by atoms with van der Waals surface area (Å²) >= 11 is 0. The number of nitrogens with two attached hydrogens (primary N) is 1. The van der Waals surface area contributed by atoms with Gasteiger partial charge < -0.3 is 15.2 Å². The van der Waals surface area contributed by atoms with Crippen molar-refractivity contribution in [1.82, 2.24) is 0 Å². The normalized spacial score (nSPS) is 14.6. The predicted octanol–water partition coefficient (Wildman–Crippen LogP) is 2.70. The Balaban J connectivity index is 0.00000200. The molecular formula is C10H10ClF3N2O4. The van der Waals surface area contributed by atoms with Crippen molar-refractivity contribution in [3.63, 3.8) is 0 Å². The van der Waals surface area contributed by atoms with E-state index in [1.807, 2.05) is 0 Å². The number of nitro benzene ring substituents is 1. The van der Waals surface area contributed by atoms with Crippen LogP contribution < -0.4 is 15.2 Å². The van der Waals surface area contributed by atoms with E-state index in [0.29, 0.717) is 0 Å². The molecule has 1 aromatic carbocycles. The van der Waals surface area contributed by atoms with Gasteiger partial charge in [0.05, 0.1) is 23.0 Å². The summed E-state index contributed by atoms with van der Waals surface area (Å²) in [6.45, 7) is -0.134. The molecule has 1 aromatic rings. The van der Waals surface area contributed by atoms with E-state index >= 15 is 0 Å². The highest BCUT2D eigenvalue weighted by Gasteiger charge is 2.35. The van der Waals surface area contributed by atoms with Gasteiger partial charge in [0.15, 0.2) is 11.5 Å². The Morgan fingerprint density at radius 1 is 1.35 bits per heavy atom. The van der Waals surface area contributed by atoms with Gasteiger partial charge in [-0.15, -0.1) is 12.4 Å². The standard InChI is InChI=1S/C10H9F3N2O4.ClH/c11-10(12,13)3-6(14)5-1-8-9(19-4-18-8)2-7(5)15(16)17;/h1-2,6H,3-4,14H2;1H/t6-;/m0./s1. The fraction of sp³-hybridized carbons (Fsp3) is 0.400. The Bertz CT molecular complexity index is 524. The molecule has 0 saturated carbocycles. The molecule has 0 fully saturated rings. The summed E-state index contributed by atoms with van der Waals surface area (Å²) in [4.78, 5) is 10.1. The molecule has 0 radical (unpaired) electrons. The van der Waals surface area contributed by atoms with Crippen molar-refractivity contribution < 1.29 is 27.6 Å². The van der Waals surface area contributed by atoms with Crippen LogP contribution in [-0.2, 0) is 0 Å². The topological polar surface area (TPSA) is 87.6 Å². The SMILES string of the molecule is Cl.N[C@@H](CC(F)(F)F)c1cc2c(cc1[N+](=O)[O-])OCO2. The van der Waals surface area contributed by atoms with E-state index in [2.05, 4.69) is 0 Å². The van der Waals surface area contributed by atoms with Crippen molar-refractivity contribution in [2.45, 2.75) is 18.6 Å². The highest BCUT2D eigenvalue weighted by atomic mass is 35.5. The average molecular weight is 315 g/mol. The predicted molar refractivity (Wildman–Crippen MR) is 64.1 cm³/mol. The van der Waals surface area contributed by atoms with E-state index in [-0.39, 0.29) is 36.3 Å². The molecule has 6 nitrogen and oxygen atoms in total. The summed E-state index contributed by atoms with van der Waals surface area (Å²) in [6.07, 6.45) is -5.86. The van der Waals surface area contributed by atoms with Crippen molar-refractivity contribution in [2.75, 3.05) is 6.79 Å². The zero-order valence-corrected chi connectivity index (χ0v) is 10.7. The molecule has 20 heavy (non-hydrogen) atoms. The van der Waals surface area contributed by atoms with Crippen LogP contribution in [-0.4, -0.2) is 17.9 Å². The van der Waals surface area contributed by atoms with Gasteiger partial charge in [-0.1, -0.05) is 0 Å². The Labute approximate surface area is 117 Å². The molecule has 0 saturated heterocycles. The lowest BCUT2D eigenvalue weighted by Crippen LogP contribution is -2.21. The summed E-state index contributed by atoms with van der Waals surface area (Å²) in [5.74, 6) is 0.271. The number of nitro groups is 1. The second-order valence-electron chi connectivity index (χ2n) is 3.95. The molecule has 0 spiro atoms. The summed E-state index contributed by atoms with van der Waals surface area (Å²) in [5, 5.41) is 10.9. The van der Waals surface area contributed by atoms with Crippen LogP contribution in [0.4, 0.5) is 18.9 Å². The number of benzene rings is 1. The van der Waals surface area contributed by atoms with E-state index in [9.17, 15) is 23.3 Å². The molecule has 1 aliphatic rings. The van der Waals surface area contributed by atoms with Crippen LogP contribution >= 0.6 is 12.4 Å². The molecule has 0 bridgehead atoms. The summed E-state index contributed by atoms with van der Waals surface area (Å²) in [7, 11) is 0. The van der Waals surface area contributed by atoms with Crippen molar-refractivity contribution in [3.05, 3.63) is 27.8 Å². The van der Waals surface area contributed by atoms with Crippen molar-refractivity contribution in [2.24, 2.45) is 5.73 Å². The molecule has 0 amide bonds. The molecule has 0 aliphatic carbocycles. The monoisotopic (exact) mass is 314 g/mol. The Kier molecular flexibility index (Phi) is 4.66. The maximum atomic E-state index is 12.3. The molecule has 1 aliphatic heterocycles. The molecule has 0 unspecified atom stereocenters. The lowest BCUT2D eigenvalue weighted by molar-refractivity contribution is -0.385. The minimum absolute atomic E-state index is 0. The number of halogens is 4. The molecule has 2 N–H and O–H groups in total. The smallest absolute Gasteiger partial charge is 0.390 e. The molecule has 0 aromatic heterocycles. The first-order chi connectivity index (χ1) is 8.78. The zero-order valence-electron chi connectivity index (χ0n) is 9.85. The Morgan fingerprint density at radius 3 is 2.40 bits per heavy atom. The quantitative estimate of drug-likeness (QED) is 0.684. The largest absolute Gasteiger partial charge is 0.454 e. The first kappa shape index (κ1) is 16.3. The van der Waals surface area contributed by atoms with Crippen LogP contribution in [0.5, 0.6) is 11.5 Å².